The van der Waals surface area contributed by atoms with Crippen LogP contribution in [0.4, 0.5) is 15.8 Å². The van der Waals surface area contributed by atoms with Crippen molar-refractivity contribution in [2.75, 3.05) is 55.3 Å². The third-order valence-corrected chi connectivity index (χ3v) is 5.98. The van der Waals surface area contributed by atoms with Crippen LogP contribution in [0.2, 0.25) is 0 Å². The van der Waals surface area contributed by atoms with Crippen molar-refractivity contribution in [3.05, 3.63) is 54.3 Å². The minimum absolute atomic E-state index is 0.278. The molecular formula is C20H24FN3O4S. The minimum atomic E-state index is -3.68. The van der Waals surface area contributed by atoms with Gasteiger partial charge >= 0.3 is 0 Å². The van der Waals surface area contributed by atoms with Crippen LogP contribution in [-0.2, 0) is 14.8 Å². The Labute approximate surface area is 170 Å². The molecule has 0 aromatic heterocycles. The van der Waals surface area contributed by atoms with Crippen LogP contribution >= 0.6 is 0 Å². The molecule has 0 aliphatic carbocycles. The Bertz CT molecular complexity index is 958. The van der Waals surface area contributed by atoms with Gasteiger partial charge in [-0.05, 0) is 36.4 Å². The second-order valence-electron chi connectivity index (χ2n) is 6.79. The molecule has 29 heavy (non-hydrogen) atoms. The standard InChI is InChI=1S/C20H24FN3O4S/c1-28-19-6-4-3-5-18(19)24(29(2,26)27)15-20(25)23-13-11-22(12-14-23)17-9-7-16(21)8-10-17/h3-10H,11-15H2,1-2H3. The highest BCUT2D eigenvalue weighted by atomic mass is 32.2. The van der Waals surface area contributed by atoms with Crippen LogP contribution in [-0.4, -0.2) is 65.3 Å². The molecular weight excluding hydrogens is 397 g/mol. The Morgan fingerprint density at radius 2 is 1.69 bits per heavy atom. The number of benzene rings is 2. The van der Waals surface area contributed by atoms with Crippen molar-refractivity contribution < 1.29 is 22.3 Å². The number of ether oxygens (including phenoxy) is 1. The fourth-order valence-electron chi connectivity index (χ4n) is 3.31. The summed E-state index contributed by atoms with van der Waals surface area (Å²) in [5, 5.41) is 0. The highest BCUT2D eigenvalue weighted by Crippen LogP contribution is 2.29. The van der Waals surface area contributed by atoms with Gasteiger partial charge in [0.15, 0.2) is 0 Å². The fraction of sp³-hybridized carbons (Fsp3) is 0.350. The predicted octanol–water partition coefficient (Wildman–Crippen LogP) is 1.95. The van der Waals surface area contributed by atoms with Crippen molar-refractivity contribution >= 4 is 27.3 Å². The molecule has 1 heterocycles. The van der Waals surface area contributed by atoms with Gasteiger partial charge in [0.1, 0.15) is 18.1 Å². The summed E-state index contributed by atoms with van der Waals surface area (Å²) in [5.74, 6) is -0.188. The van der Waals surface area contributed by atoms with Crippen LogP contribution in [0.1, 0.15) is 0 Å². The molecule has 0 atom stereocenters. The van der Waals surface area contributed by atoms with Gasteiger partial charge in [0, 0.05) is 31.9 Å². The number of piperazine rings is 1. The highest BCUT2D eigenvalue weighted by Gasteiger charge is 2.28. The molecule has 1 fully saturated rings. The number of carbonyl (C=O) groups is 1. The molecule has 3 rings (SSSR count). The second-order valence-corrected chi connectivity index (χ2v) is 8.69. The van der Waals surface area contributed by atoms with E-state index in [9.17, 15) is 17.6 Å². The summed E-state index contributed by atoms with van der Waals surface area (Å²) in [6, 6.07) is 12.9. The molecule has 1 aliphatic heterocycles. The largest absolute Gasteiger partial charge is 0.495 e. The highest BCUT2D eigenvalue weighted by molar-refractivity contribution is 7.92. The van der Waals surface area contributed by atoms with Gasteiger partial charge in [-0.3, -0.25) is 9.10 Å². The van der Waals surface area contributed by atoms with Crippen LogP contribution in [0.15, 0.2) is 48.5 Å². The number of carbonyl (C=O) groups excluding carboxylic acids is 1. The van der Waals surface area contributed by atoms with Gasteiger partial charge in [0.2, 0.25) is 15.9 Å². The van der Waals surface area contributed by atoms with E-state index in [1.54, 1.807) is 41.3 Å². The van der Waals surface area contributed by atoms with Gasteiger partial charge in [-0.1, -0.05) is 12.1 Å². The molecule has 1 saturated heterocycles. The lowest BCUT2D eigenvalue weighted by molar-refractivity contribution is -0.129. The van der Waals surface area contributed by atoms with E-state index in [-0.39, 0.29) is 18.3 Å². The van der Waals surface area contributed by atoms with Gasteiger partial charge in [-0.15, -0.1) is 0 Å². The van der Waals surface area contributed by atoms with Gasteiger partial charge in [0.25, 0.3) is 0 Å². The molecule has 0 bridgehead atoms. The maximum atomic E-state index is 13.1. The summed E-state index contributed by atoms with van der Waals surface area (Å²) >= 11 is 0. The van der Waals surface area contributed by atoms with Crippen molar-refractivity contribution in [2.24, 2.45) is 0 Å². The Kier molecular flexibility index (Phi) is 6.26. The Morgan fingerprint density at radius 1 is 1.07 bits per heavy atom. The van der Waals surface area contributed by atoms with Gasteiger partial charge in [0.05, 0.1) is 19.1 Å². The average molecular weight is 421 g/mol. The molecule has 0 radical (unpaired) electrons. The van der Waals surface area contributed by atoms with E-state index in [1.807, 2.05) is 0 Å². The van der Waals surface area contributed by atoms with E-state index in [4.69, 9.17) is 4.74 Å². The SMILES string of the molecule is COc1ccccc1N(CC(=O)N1CCN(c2ccc(F)cc2)CC1)S(C)(=O)=O. The number of sulfonamides is 1. The first-order valence-corrected chi connectivity index (χ1v) is 11.0. The summed E-state index contributed by atoms with van der Waals surface area (Å²) in [6.45, 7) is 1.80. The van der Waals surface area contributed by atoms with Crippen LogP contribution in [0.3, 0.4) is 0 Å². The van der Waals surface area contributed by atoms with Crippen molar-refractivity contribution in [3.8, 4) is 5.75 Å². The van der Waals surface area contributed by atoms with Gasteiger partial charge in [-0.25, -0.2) is 12.8 Å². The molecule has 2 aromatic carbocycles. The lowest BCUT2D eigenvalue weighted by atomic mass is 10.2. The average Bonchev–Trinajstić information content (AvgIpc) is 2.71. The lowest BCUT2D eigenvalue weighted by Crippen LogP contribution is -2.52. The molecule has 2 aromatic rings. The fourth-order valence-corrected chi connectivity index (χ4v) is 4.16. The van der Waals surface area contributed by atoms with Crippen molar-refractivity contribution in [2.45, 2.75) is 0 Å². The second kappa shape index (κ2) is 8.69. The summed E-state index contributed by atoms with van der Waals surface area (Å²) in [6.07, 6.45) is 1.07. The third-order valence-electron chi connectivity index (χ3n) is 4.86. The number of para-hydroxylation sites is 2. The Hall–Kier alpha value is -2.81. The van der Waals surface area contributed by atoms with Gasteiger partial charge in [-0.2, -0.15) is 0 Å². The zero-order chi connectivity index (χ0) is 21.0. The molecule has 156 valence electrons. The Morgan fingerprint density at radius 3 is 2.28 bits per heavy atom. The first-order chi connectivity index (χ1) is 13.8. The van der Waals surface area contributed by atoms with E-state index < -0.39 is 10.0 Å². The maximum Gasteiger partial charge on any atom is 0.243 e. The van der Waals surface area contributed by atoms with Crippen molar-refractivity contribution in [1.82, 2.24) is 4.90 Å². The number of amides is 1. The molecule has 9 heteroatoms. The molecule has 0 N–H and O–H groups in total. The molecule has 1 amide bonds. The van der Waals surface area contributed by atoms with E-state index in [0.29, 0.717) is 37.6 Å². The van der Waals surface area contributed by atoms with E-state index in [1.165, 1.54) is 19.2 Å². The number of hydrogen-bond acceptors (Lipinski definition) is 5. The molecule has 0 unspecified atom stereocenters. The van der Waals surface area contributed by atoms with E-state index in [0.717, 1.165) is 16.2 Å². The maximum absolute atomic E-state index is 13.1. The number of methoxy groups -OCH3 is 1. The number of rotatable bonds is 6. The van der Waals surface area contributed by atoms with E-state index in [2.05, 4.69) is 4.90 Å². The quantitative estimate of drug-likeness (QED) is 0.713. The van der Waals surface area contributed by atoms with E-state index >= 15 is 0 Å². The summed E-state index contributed by atoms with van der Waals surface area (Å²) in [7, 11) is -2.23. The third kappa shape index (κ3) is 4.97. The summed E-state index contributed by atoms with van der Waals surface area (Å²) in [5.41, 5.74) is 1.22. The number of nitrogens with zero attached hydrogens (tertiary/aromatic N) is 3. The molecule has 0 spiro atoms. The summed E-state index contributed by atoms with van der Waals surface area (Å²) < 4.78 is 44.1. The smallest absolute Gasteiger partial charge is 0.243 e. The lowest BCUT2D eigenvalue weighted by Gasteiger charge is -2.37. The first-order valence-electron chi connectivity index (χ1n) is 9.18. The number of hydrogen-bond donors (Lipinski definition) is 0. The van der Waals surface area contributed by atoms with Crippen molar-refractivity contribution in [3.63, 3.8) is 0 Å². The molecule has 1 aliphatic rings. The zero-order valence-corrected chi connectivity index (χ0v) is 17.2. The predicted molar refractivity (Wildman–Crippen MR) is 110 cm³/mol. The van der Waals surface area contributed by atoms with Crippen LogP contribution < -0.4 is 13.9 Å². The monoisotopic (exact) mass is 421 g/mol. The Balaban J connectivity index is 1.69. The van der Waals surface area contributed by atoms with Crippen LogP contribution in [0.25, 0.3) is 0 Å². The topological polar surface area (TPSA) is 70.2 Å². The summed E-state index contributed by atoms with van der Waals surface area (Å²) in [4.78, 5) is 16.5. The van der Waals surface area contributed by atoms with Gasteiger partial charge < -0.3 is 14.5 Å². The normalized spacial score (nSPS) is 14.6. The minimum Gasteiger partial charge on any atom is -0.495 e. The first kappa shape index (κ1) is 20.9. The number of anilines is 2. The van der Waals surface area contributed by atoms with Crippen molar-refractivity contribution in [1.29, 1.82) is 0 Å². The molecule has 7 nitrogen and oxygen atoms in total. The van der Waals surface area contributed by atoms with Crippen LogP contribution in [0.5, 0.6) is 5.75 Å². The molecule has 0 saturated carbocycles. The van der Waals surface area contributed by atoms with Crippen LogP contribution in [0, 0.1) is 5.82 Å². The zero-order valence-electron chi connectivity index (χ0n) is 16.4. The number of halogens is 1.